The number of fused-ring (bicyclic) bond motifs is 1. The molecule has 4 aromatic rings. The monoisotopic (exact) mass is 502 g/mol. The van der Waals surface area contributed by atoms with E-state index in [-0.39, 0.29) is 11.4 Å². The summed E-state index contributed by atoms with van der Waals surface area (Å²) in [6, 6.07) is 11.0. The van der Waals surface area contributed by atoms with Gasteiger partial charge in [0.25, 0.3) is 0 Å². The van der Waals surface area contributed by atoms with Crippen LogP contribution in [0, 0.1) is 0 Å². The summed E-state index contributed by atoms with van der Waals surface area (Å²) in [5.74, 6) is 2.34. The number of carbonyl (C=O) groups excluding carboxylic acids is 1. The zero-order chi connectivity index (χ0) is 24.9. The summed E-state index contributed by atoms with van der Waals surface area (Å²) in [4.78, 5) is 29.8. The molecule has 11 heteroatoms. The quantitative estimate of drug-likeness (QED) is 0.396. The number of benzene rings is 1. The zero-order valence-corrected chi connectivity index (χ0v) is 20.3. The highest BCUT2D eigenvalue weighted by Crippen LogP contribution is 2.41. The largest absolute Gasteiger partial charge is 0.436 e. The van der Waals surface area contributed by atoms with E-state index in [1.807, 2.05) is 30.1 Å². The van der Waals surface area contributed by atoms with Crippen LogP contribution in [0.15, 0.2) is 61.6 Å². The number of nitrogens with zero attached hydrogens (tertiary/aromatic N) is 7. The molecular weight excluding hydrogens is 480 g/mol. The van der Waals surface area contributed by atoms with Gasteiger partial charge in [-0.15, -0.1) is 5.10 Å². The van der Waals surface area contributed by atoms with Gasteiger partial charge in [-0.1, -0.05) is 18.2 Å². The van der Waals surface area contributed by atoms with Crippen LogP contribution in [0.3, 0.4) is 0 Å². The highest BCUT2D eigenvalue weighted by Gasteiger charge is 2.55. The highest BCUT2D eigenvalue weighted by atomic mass is 35.5. The van der Waals surface area contributed by atoms with Crippen LogP contribution in [0.5, 0.6) is 11.6 Å². The maximum atomic E-state index is 12.1. The first-order chi connectivity index (χ1) is 17.4. The summed E-state index contributed by atoms with van der Waals surface area (Å²) < 4.78 is 7.42. The molecule has 1 spiro atoms. The summed E-state index contributed by atoms with van der Waals surface area (Å²) in [7, 11) is 1.82. The van der Waals surface area contributed by atoms with Crippen molar-refractivity contribution in [2.75, 3.05) is 29.9 Å². The van der Waals surface area contributed by atoms with Crippen LogP contribution < -0.4 is 15.0 Å². The average molecular weight is 503 g/mol. The number of ether oxygens (including phenoxy) is 1. The SMILES string of the molecule is C=CC(=O)N1CCC12CN(c1ccc3ncnc(Nc4ccc(Oc5ccn(C)n5)c(Cl)c4)c3n1)C2. The number of aromatic nitrogens is 5. The zero-order valence-electron chi connectivity index (χ0n) is 19.6. The van der Waals surface area contributed by atoms with Crippen molar-refractivity contribution in [1.29, 1.82) is 0 Å². The molecule has 5 heterocycles. The van der Waals surface area contributed by atoms with E-state index in [1.54, 1.807) is 29.1 Å². The lowest BCUT2D eigenvalue weighted by atomic mass is 9.77. The molecular formula is C25H23ClN8O2. The van der Waals surface area contributed by atoms with Gasteiger partial charge in [0, 0.05) is 44.6 Å². The number of rotatable bonds is 6. The second-order valence-corrected chi connectivity index (χ2v) is 9.39. The van der Waals surface area contributed by atoms with E-state index >= 15 is 0 Å². The first kappa shape index (κ1) is 22.3. The summed E-state index contributed by atoms with van der Waals surface area (Å²) in [5, 5.41) is 7.94. The number of nitrogens with one attached hydrogen (secondary N) is 1. The number of hydrogen-bond donors (Lipinski definition) is 1. The third-order valence-corrected chi connectivity index (χ3v) is 6.97. The summed E-state index contributed by atoms with van der Waals surface area (Å²) in [5.41, 5.74) is 2.00. The van der Waals surface area contributed by atoms with Crippen LogP contribution in [0.25, 0.3) is 11.0 Å². The van der Waals surface area contributed by atoms with Crippen molar-refractivity contribution in [3.8, 4) is 11.6 Å². The van der Waals surface area contributed by atoms with Gasteiger partial charge in [0.15, 0.2) is 5.82 Å². The molecule has 1 N–H and O–H groups in total. The maximum Gasteiger partial charge on any atom is 0.246 e. The predicted octanol–water partition coefficient (Wildman–Crippen LogP) is 3.92. The van der Waals surface area contributed by atoms with E-state index in [0.717, 1.165) is 43.1 Å². The normalized spacial score (nSPS) is 15.9. The molecule has 1 aromatic carbocycles. The Bertz CT molecular complexity index is 1500. The molecule has 2 aliphatic rings. The standard InChI is InChI=1S/C25H23ClN8O2/c1-3-22(35)34-11-9-25(34)13-33(14-25)20-7-5-18-23(30-20)24(28-15-27-18)29-16-4-6-19(17(26)12-16)36-21-8-10-32(2)31-21/h3-8,10,12,15H,1,9,11,13-14H2,2H3,(H,27,28,29). The van der Waals surface area contributed by atoms with Crippen LogP contribution in [-0.2, 0) is 11.8 Å². The second kappa shape index (κ2) is 8.49. The van der Waals surface area contributed by atoms with Crippen molar-refractivity contribution in [2.24, 2.45) is 7.05 Å². The van der Waals surface area contributed by atoms with E-state index in [2.05, 4.69) is 31.9 Å². The highest BCUT2D eigenvalue weighted by molar-refractivity contribution is 6.32. The summed E-state index contributed by atoms with van der Waals surface area (Å²) in [6.07, 6.45) is 5.67. The van der Waals surface area contributed by atoms with E-state index in [0.29, 0.717) is 28.0 Å². The number of halogens is 1. The molecule has 0 radical (unpaired) electrons. The Morgan fingerprint density at radius 3 is 2.78 bits per heavy atom. The van der Waals surface area contributed by atoms with Crippen molar-refractivity contribution < 1.29 is 9.53 Å². The lowest BCUT2D eigenvalue weighted by molar-refractivity contribution is -0.144. The fourth-order valence-electron chi connectivity index (χ4n) is 4.71. The molecule has 2 aliphatic heterocycles. The first-order valence-electron chi connectivity index (χ1n) is 11.5. The lowest BCUT2D eigenvalue weighted by Gasteiger charge is -2.62. The van der Waals surface area contributed by atoms with Crippen molar-refractivity contribution in [3.05, 3.63) is 66.6 Å². The Morgan fingerprint density at radius 2 is 2.08 bits per heavy atom. The van der Waals surface area contributed by atoms with Gasteiger partial charge in [-0.25, -0.2) is 15.0 Å². The molecule has 10 nitrogen and oxygen atoms in total. The van der Waals surface area contributed by atoms with Crippen molar-refractivity contribution >= 4 is 45.9 Å². The molecule has 0 aliphatic carbocycles. The fourth-order valence-corrected chi connectivity index (χ4v) is 4.92. The molecule has 3 aromatic heterocycles. The van der Waals surface area contributed by atoms with E-state index in [9.17, 15) is 4.79 Å². The molecule has 0 bridgehead atoms. The van der Waals surface area contributed by atoms with Gasteiger partial charge in [0.05, 0.1) is 16.1 Å². The Balaban J connectivity index is 1.21. The molecule has 2 saturated heterocycles. The molecule has 0 atom stereocenters. The average Bonchev–Trinajstić information content (AvgIpc) is 3.24. The van der Waals surface area contributed by atoms with E-state index in [1.165, 1.54) is 12.4 Å². The van der Waals surface area contributed by atoms with Gasteiger partial charge in [0.1, 0.15) is 23.4 Å². The minimum absolute atomic E-state index is 0.0117. The fraction of sp³-hybridized carbons (Fsp3) is 0.240. The van der Waals surface area contributed by atoms with E-state index < -0.39 is 0 Å². The van der Waals surface area contributed by atoms with Gasteiger partial charge in [-0.3, -0.25) is 9.48 Å². The molecule has 0 saturated carbocycles. The molecule has 36 heavy (non-hydrogen) atoms. The van der Waals surface area contributed by atoms with Gasteiger partial charge in [-0.2, -0.15) is 0 Å². The molecule has 6 rings (SSSR count). The number of carbonyl (C=O) groups is 1. The van der Waals surface area contributed by atoms with Gasteiger partial charge in [-0.05, 0) is 42.8 Å². The predicted molar refractivity (Wildman–Crippen MR) is 137 cm³/mol. The van der Waals surface area contributed by atoms with Crippen molar-refractivity contribution in [3.63, 3.8) is 0 Å². The summed E-state index contributed by atoms with van der Waals surface area (Å²) >= 11 is 6.47. The molecule has 2 fully saturated rings. The van der Waals surface area contributed by atoms with Gasteiger partial charge >= 0.3 is 0 Å². The van der Waals surface area contributed by atoms with Gasteiger partial charge in [0.2, 0.25) is 11.8 Å². The van der Waals surface area contributed by atoms with Crippen LogP contribution in [0.4, 0.5) is 17.3 Å². The number of anilines is 3. The van der Waals surface area contributed by atoms with Crippen LogP contribution in [-0.4, -0.2) is 60.7 Å². The Hall–Kier alpha value is -4.18. The van der Waals surface area contributed by atoms with Gasteiger partial charge < -0.3 is 19.9 Å². The minimum atomic E-state index is -0.105. The molecule has 0 unspecified atom stereocenters. The number of aryl methyl sites for hydroxylation is 1. The number of pyridine rings is 1. The second-order valence-electron chi connectivity index (χ2n) is 8.98. The number of hydrogen-bond acceptors (Lipinski definition) is 8. The molecule has 1 amide bonds. The number of amides is 1. The van der Waals surface area contributed by atoms with Crippen molar-refractivity contribution in [2.45, 2.75) is 12.0 Å². The Morgan fingerprint density at radius 1 is 1.22 bits per heavy atom. The Labute approximate surface area is 212 Å². The third-order valence-electron chi connectivity index (χ3n) is 6.67. The van der Waals surface area contributed by atoms with E-state index in [4.69, 9.17) is 21.3 Å². The van der Waals surface area contributed by atoms with Crippen LogP contribution in [0.2, 0.25) is 5.02 Å². The maximum absolute atomic E-state index is 12.1. The lowest BCUT2D eigenvalue weighted by Crippen LogP contribution is -2.78. The van der Waals surface area contributed by atoms with Crippen molar-refractivity contribution in [1.82, 2.24) is 29.6 Å². The molecule has 182 valence electrons. The van der Waals surface area contributed by atoms with Crippen LogP contribution >= 0.6 is 11.6 Å². The topological polar surface area (TPSA) is 101 Å². The van der Waals surface area contributed by atoms with Crippen LogP contribution in [0.1, 0.15) is 6.42 Å². The third kappa shape index (κ3) is 3.79. The minimum Gasteiger partial charge on any atom is -0.436 e. The Kier molecular flexibility index (Phi) is 5.26. The summed E-state index contributed by atoms with van der Waals surface area (Å²) in [6.45, 7) is 5.88. The first-order valence-corrected chi connectivity index (χ1v) is 11.9. The smallest absolute Gasteiger partial charge is 0.246 e. The number of likely N-dealkylation sites (tertiary alicyclic amines) is 1.